The predicted molar refractivity (Wildman–Crippen MR) is 96.1 cm³/mol. The van der Waals surface area contributed by atoms with Crippen LogP contribution in [-0.4, -0.2) is 12.6 Å². The highest BCUT2D eigenvalue weighted by Crippen LogP contribution is 2.13. The number of hydrogen-bond acceptors (Lipinski definition) is 4. The van der Waals surface area contributed by atoms with Gasteiger partial charge >= 0.3 is 6.09 Å². The fraction of sp³-hybridized carbons (Fsp3) is 0.100. The number of rotatable bonds is 5. The fourth-order valence-corrected chi connectivity index (χ4v) is 2.32. The molecule has 0 saturated heterocycles. The van der Waals surface area contributed by atoms with Crippen LogP contribution < -0.4 is 10.7 Å². The van der Waals surface area contributed by atoms with Gasteiger partial charge in [0.2, 0.25) is 0 Å². The van der Waals surface area contributed by atoms with E-state index in [4.69, 9.17) is 9.15 Å². The first-order valence-electron chi connectivity index (χ1n) is 7.85. The van der Waals surface area contributed by atoms with E-state index in [2.05, 4.69) is 5.32 Å². The summed E-state index contributed by atoms with van der Waals surface area (Å²) >= 11 is 0. The molecule has 0 aliphatic carbocycles. The lowest BCUT2D eigenvalue weighted by Crippen LogP contribution is -2.24. The standard InChI is InChI=1S/C20H17NO4/c22-18-10-12-24-19-9-8-15(13-17(18)19)7-4-11-21-20(23)25-14-16-5-2-1-3-6-16/h1-10,12-13H,11,14H2,(H,21,23). The van der Waals surface area contributed by atoms with E-state index in [0.717, 1.165) is 11.1 Å². The van der Waals surface area contributed by atoms with Crippen LogP contribution in [0.2, 0.25) is 0 Å². The second kappa shape index (κ2) is 7.97. The van der Waals surface area contributed by atoms with Crippen molar-refractivity contribution < 1.29 is 13.9 Å². The first-order chi connectivity index (χ1) is 12.2. The summed E-state index contributed by atoms with van der Waals surface area (Å²) in [7, 11) is 0. The van der Waals surface area contributed by atoms with Crippen molar-refractivity contribution in [2.24, 2.45) is 0 Å². The van der Waals surface area contributed by atoms with Crippen molar-refractivity contribution in [2.75, 3.05) is 6.54 Å². The summed E-state index contributed by atoms with van der Waals surface area (Å²) in [4.78, 5) is 23.4. The van der Waals surface area contributed by atoms with Gasteiger partial charge in [-0.3, -0.25) is 4.79 Å². The van der Waals surface area contributed by atoms with Gasteiger partial charge < -0.3 is 14.5 Å². The maximum Gasteiger partial charge on any atom is 0.407 e. The molecular weight excluding hydrogens is 318 g/mol. The number of alkyl carbamates (subject to hydrolysis) is 1. The normalized spacial score (nSPS) is 10.9. The van der Waals surface area contributed by atoms with Crippen LogP contribution in [0.5, 0.6) is 0 Å². The molecule has 3 aromatic rings. The van der Waals surface area contributed by atoms with Gasteiger partial charge in [-0.15, -0.1) is 0 Å². The number of ether oxygens (including phenoxy) is 1. The topological polar surface area (TPSA) is 68.5 Å². The zero-order valence-corrected chi connectivity index (χ0v) is 13.5. The summed E-state index contributed by atoms with van der Waals surface area (Å²) in [6, 6.07) is 16.2. The van der Waals surface area contributed by atoms with Crippen LogP contribution in [0.4, 0.5) is 4.79 Å². The van der Waals surface area contributed by atoms with E-state index in [1.807, 2.05) is 42.5 Å². The highest BCUT2D eigenvalue weighted by molar-refractivity contribution is 5.79. The summed E-state index contributed by atoms with van der Waals surface area (Å²) < 4.78 is 10.4. The van der Waals surface area contributed by atoms with Gasteiger partial charge in [-0.2, -0.15) is 0 Å². The van der Waals surface area contributed by atoms with Crippen LogP contribution in [-0.2, 0) is 11.3 Å². The van der Waals surface area contributed by atoms with E-state index < -0.39 is 6.09 Å². The molecule has 1 aromatic heterocycles. The average Bonchev–Trinajstić information content (AvgIpc) is 2.65. The second-order valence-electron chi connectivity index (χ2n) is 5.39. The van der Waals surface area contributed by atoms with Crippen molar-refractivity contribution in [1.29, 1.82) is 0 Å². The number of fused-ring (bicyclic) bond motifs is 1. The summed E-state index contributed by atoms with van der Waals surface area (Å²) in [5.74, 6) is 0. The van der Waals surface area contributed by atoms with Gasteiger partial charge in [0.05, 0.1) is 11.6 Å². The maximum absolute atomic E-state index is 11.8. The Hall–Kier alpha value is -3.34. The number of carbonyl (C=O) groups excluding carboxylic acids is 1. The molecular formula is C20H17NO4. The Bertz CT molecular complexity index is 945. The van der Waals surface area contributed by atoms with Crippen molar-refractivity contribution in [3.8, 4) is 0 Å². The first-order valence-corrected chi connectivity index (χ1v) is 7.85. The molecule has 126 valence electrons. The van der Waals surface area contributed by atoms with Gasteiger partial charge in [0, 0.05) is 12.6 Å². The van der Waals surface area contributed by atoms with Crippen LogP contribution >= 0.6 is 0 Å². The number of nitrogens with one attached hydrogen (secondary N) is 1. The lowest BCUT2D eigenvalue weighted by Gasteiger charge is -2.05. The van der Waals surface area contributed by atoms with Crippen LogP contribution in [0.3, 0.4) is 0 Å². The SMILES string of the molecule is O=C(NCC=Cc1ccc2occc(=O)c2c1)OCc1ccccc1. The molecule has 5 heteroatoms. The van der Waals surface area contributed by atoms with E-state index in [9.17, 15) is 9.59 Å². The zero-order valence-electron chi connectivity index (χ0n) is 13.5. The Kier molecular flexibility index (Phi) is 5.26. The van der Waals surface area contributed by atoms with Crippen LogP contribution in [0.15, 0.2) is 76.1 Å². The Morgan fingerprint density at radius 1 is 1.12 bits per heavy atom. The van der Waals surface area contributed by atoms with E-state index >= 15 is 0 Å². The Labute approximate surface area is 144 Å². The van der Waals surface area contributed by atoms with E-state index in [1.165, 1.54) is 12.3 Å². The molecule has 3 rings (SSSR count). The van der Waals surface area contributed by atoms with Gasteiger partial charge in [-0.25, -0.2) is 4.79 Å². The van der Waals surface area contributed by atoms with Crippen molar-refractivity contribution in [3.63, 3.8) is 0 Å². The number of amides is 1. The quantitative estimate of drug-likeness (QED) is 0.771. The zero-order chi connectivity index (χ0) is 17.5. The number of hydrogen-bond donors (Lipinski definition) is 1. The summed E-state index contributed by atoms with van der Waals surface area (Å²) in [5, 5.41) is 3.17. The predicted octanol–water partition coefficient (Wildman–Crippen LogP) is 3.73. The number of benzene rings is 2. The molecule has 5 nitrogen and oxygen atoms in total. The molecule has 0 unspecified atom stereocenters. The molecule has 0 aliphatic rings. The smallest absolute Gasteiger partial charge is 0.407 e. The Balaban J connectivity index is 1.50. The van der Waals surface area contributed by atoms with Crippen LogP contribution in [0.1, 0.15) is 11.1 Å². The van der Waals surface area contributed by atoms with Gasteiger partial charge in [-0.05, 0) is 23.3 Å². The molecule has 1 heterocycles. The molecule has 0 bridgehead atoms. The largest absolute Gasteiger partial charge is 0.464 e. The first kappa shape index (κ1) is 16.5. The highest BCUT2D eigenvalue weighted by Gasteiger charge is 2.01. The van der Waals surface area contributed by atoms with Crippen molar-refractivity contribution in [2.45, 2.75) is 6.61 Å². The lowest BCUT2D eigenvalue weighted by molar-refractivity contribution is 0.141. The Morgan fingerprint density at radius 3 is 2.80 bits per heavy atom. The molecule has 1 amide bonds. The van der Waals surface area contributed by atoms with Gasteiger partial charge in [0.15, 0.2) is 5.43 Å². The maximum atomic E-state index is 11.8. The van der Waals surface area contributed by atoms with E-state index in [-0.39, 0.29) is 12.0 Å². The van der Waals surface area contributed by atoms with E-state index in [1.54, 1.807) is 18.2 Å². The summed E-state index contributed by atoms with van der Waals surface area (Å²) in [5.41, 5.74) is 2.25. The minimum Gasteiger partial charge on any atom is -0.464 e. The third-order valence-electron chi connectivity index (χ3n) is 3.57. The molecule has 1 N–H and O–H groups in total. The van der Waals surface area contributed by atoms with E-state index in [0.29, 0.717) is 17.5 Å². The Morgan fingerprint density at radius 2 is 1.96 bits per heavy atom. The van der Waals surface area contributed by atoms with Crippen LogP contribution in [0.25, 0.3) is 17.0 Å². The van der Waals surface area contributed by atoms with Gasteiger partial charge in [0.25, 0.3) is 0 Å². The lowest BCUT2D eigenvalue weighted by atomic mass is 10.1. The number of carbonyl (C=O) groups is 1. The minimum absolute atomic E-state index is 0.0842. The molecule has 2 aromatic carbocycles. The summed E-state index contributed by atoms with van der Waals surface area (Å²) in [6.07, 6.45) is 4.51. The molecule has 0 aliphatic heterocycles. The van der Waals surface area contributed by atoms with Crippen molar-refractivity contribution in [3.05, 3.63) is 88.3 Å². The second-order valence-corrected chi connectivity index (χ2v) is 5.39. The highest BCUT2D eigenvalue weighted by atomic mass is 16.5. The third-order valence-corrected chi connectivity index (χ3v) is 3.57. The molecule has 0 fully saturated rings. The third kappa shape index (κ3) is 4.57. The molecule has 0 saturated carbocycles. The monoisotopic (exact) mass is 335 g/mol. The van der Waals surface area contributed by atoms with Crippen LogP contribution in [0, 0.1) is 0 Å². The molecule has 0 spiro atoms. The minimum atomic E-state index is -0.479. The average molecular weight is 335 g/mol. The fourth-order valence-electron chi connectivity index (χ4n) is 2.32. The molecule has 0 atom stereocenters. The molecule has 0 radical (unpaired) electrons. The van der Waals surface area contributed by atoms with Crippen molar-refractivity contribution in [1.82, 2.24) is 5.32 Å². The summed E-state index contributed by atoms with van der Waals surface area (Å²) in [6.45, 7) is 0.561. The van der Waals surface area contributed by atoms with Gasteiger partial charge in [0.1, 0.15) is 12.2 Å². The van der Waals surface area contributed by atoms with Gasteiger partial charge in [-0.1, -0.05) is 48.6 Å². The van der Waals surface area contributed by atoms with Crippen molar-refractivity contribution >= 4 is 23.1 Å². The molecule has 25 heavy (non-hydrogen) atoms.